The Hall–Kier alpha value is -1.17. The number of hydrogen-bond donors (Lipinski definition) is 1. The van der Waals surface area contributed by atoms with Gasteiger partial charge in [-0.2, -0.15) is 0 Å². The first-order valence-electron chi connectivity index (χ1n) is 4.14. The van der Waals surface area contributed by atoms with Gasteiger partial charge in [0.1, 0.15) is 6.61 Å². The third-order valence-corrected chi connectivity index (χ3v) is 1.98. The van der Waals surface area contributed by atoms with Crippen LogP contribution in [0.2, 0.25) is 0 Å². The summed E-state index contributed by atoms with van der Waals surface area (Å²) in [5, 5.41) is 12.5. The molecule has 0 atom stereocenters. The van der Waals surface area contributed by atoms with Crippen molar-refractivity contribution in [2.24, 2.45) is 5.29 Å². The molecule has 1 heterocycles. The predicted molar refractivity (Wildman–Crippen MR) is 44.0 cm³/mol. The SMILES string of the molecule is O=NN1CCC(OCC(=O)O)CC1. The van der Waals surface area contributed by atoms with Crippen LogP contribution in [0.5, 0.6) is 0 Å². The van der Waals surface area contributed by atoms with E-state index in [0.717, 1.165) is 0 Å². The van der Waals surface area contributed by atoms with Crippen LogP contribution in [0.1, 0.15) is 12.8 Å². The van der Waals surface area contributed by atoms with E-state index in [1.54, 1.807) is 0 Å². The van der Waals surface area contributed by atoms with Gasteiger partial charge in [-0.3, -0.25) is 5.01 Å². The third kappa shape index (κ3) is 3.37. The Morgan fingerprint density at radius 3 is 2.62 bits per heavy atom. The molecule has 1 aliphatic heterocycles. The average Bonchev–Trinajstić information content (AvgIpc) is 2.15. The van der Waals surface area contributed by atoms with Crippen molar-refractivity contribution in [3.63, 3.8) is 0 Å². The standard InChI is InChI=1S/C7H12N2O4/c10-7(11)5-13-6-1-3-9(8-12)4-2-6/h6H,1-5H2,(H,10,11). The average molecular weight is 188 g/mol. The summed E-state index contributed by atoms with van der Waals surface area (Å²) < 4.78 is 5.07. The van der Waals surface area contributed by atoms with Gasteiger partial charge in [0.15, 0.2) is 0 Å². The van der Waals surface area contributed by atoms with E-state index in [2.05, 4.69) is 5.29 Å². The molecular formula is C7H12N2O4. The fraction of sp³-hybridized carbons (Fsp3) is 0.857. The van der Waals surface area contributed by atoms with Crippen LogP contribution in [-0.4, -0.2) is 41.9 Å². The Balaban J connectivity index is 2.17. The van der Waals surface area contributed by atoms with Crippen LogP contribution in [0.4, 0.5) is 0 Å². The molecule has 1 aliphatic rings. The maximum Gasteiger partial charge on any atom is 0.329 e. The number of carbonyl (C=O) groups is 1. The molecule has 0 aliphatic carbocycles. The van der Waals surface area contributed by atoms with Crippen molar-refractivity contribution >= 4 is 5.97 Å². The third-order valence-electron chi connectivity index (χ3n) is 1.98. The topological polar surface area (TPSA) is 79.2 Å². The van der Waals surface area contributed by atoms with Crippen molar-refractivity contribution in [1.82, 2.24) is 5.01 Å². The van der Waals surface area contributed by atoms with Gasteiger partial charge in [-0.25, -0.2) is 4.79 Å². The van der Waals surface area contributed by atoms with Crippen molar-refractivity contribution in [2.75, 3.05) is 19.7 Å². The van der Waals surface area contributed by atoms with Crippen LogP contribution in [0.25, 0.3) is 0 Å². The Morgan fingerprint density at radius 1 is 1.54 bits per heavy atom. The summed E-state index contributed by atoms with van der Waals surface area (Å²) in [7, 11) is 0. The number of aliphatic carboxylic acids is 1. The van der Waals surface area contributed by atoms with Crippen molar-refractivity contribution in [3.8, 4) is 0 Å². The van der Waals surface area contributed by atoms with Gasteiger partial charge in [0, 0.05) is 13.1 Å². The van der Waals surface area contributed by atoms with Crippen LogP contribution in [-0.2, 0) is 9.53 Å². The predicted octanol–water partition coefficient (Wildman–Crippen LogP) is 0.233. The molecule has 74 valence electrons. The Bertz CT molecular complexity index is 189. The molecule has 0 unspecified atom stereocenters. The van der Waals surface area contributed by atoms with Gasteiger partial charge in [0.25, 0.3) is 0 Å². The van der Waals surface area contributed by atoms with E-state index in [1.165, 1.54) is 5.01 Å². The van der Waals surface area contributed by atoms with Crippen LogP contribution in [0, 0.1) is 4.91 Å². The minimum absolute atomic E-state index is 0.0471. The summed E-state index contributed by atoms with van der Waals surface area (Å²) in [5.74, 6) is -0.962. The largest absolute Gasteiger partial charge is 0.480 e. The summed E-state index contributed by atoms with van der Waals surface area (Å²) in [6, 6.07) is 0. The minimum atomic E-state index is -0.962. The molecule has 1 N–H and O–H groups in total. The van der Waals surface area contributed by atoms with Gasteiger partial charge in [-0.15, -0.1) is 4.91 Å². The molecular weight excluding hydrogens is 176 g/mol. The Morgan fingerprint density at radius 2 is 2.15 bits per heavy atom. The van der Waals surface area contributed by atoms with Crippen molar-refractivity contribution in [3.05, 3.63) is 4.91 Å². The highest BCUT2D eigenvalue weighted by molar-refractivity contribution is 5.68. The minimum Gasteiger partial charge on any atom is -0.480 e. The zero-order valence-electron chi connectivity index (χ0n) is 7.18. The lowest BCUT2D eigenvalue weighted by atomic mass is 10.1. The molecule has 0 spiro atoms. The van der Waals surface area contributed by atoms with Crippen LogP contribution in [0.15, 0.2) is 5.29 Å². The smallest absolute Gasteiger partial charge is 0.329 e. The molecule has 1 fully saturated rings. The number of piperidine rings is 1. The van der Waals surface area contributed by atoms with Gasteiger partial charge < -0.3 is 9.84 Å². The molecule has 6 heteroatoms. The zero-order valence-corrected chi connectivity index (χ0v) is 7.18. The van der Waals surface area contributed by atoms with Crippen molar-refractivity contribution < 1.29 is 14.6 Å². The lowest BCUT2D eigenvalue weighted by Gasteiger charge is -2.26. The number of carboxylic acids is 1. The van der Waals surface area contributed by atoms with Gasteiger partial charge in [0.05, 0.1) is 11.4 Å². The quantitative estimate of drug-likeness (QED) is 0.639. The molecule has 6 nitrogen and oxygen atoms in total. The summed E-state index contributed by atoms with van der Waals surface area (Å²) >= 11 is 0. The summed E-state index contributed by atoms with van der Waals surface area (Å²) in [4.78, 5) is 20.2. The molecule has 0 saturated carbocycles. The highest BCUT2D eigenvalue weighted by Gasteiger charge is 2.19. The van der Waals surface area contributed by atoms with E-state index in [-0.39, 0.29) is 12.7 Å². The van der Waals surface area contributed by atoms with Crippen LogP contribution < -0.4 is 0 Å². The molecule has 0 aromatic rings. The lowest BCUT2D eigenvalue weighted by Crippen LogP contribution is -2.34. The summed E-state index contributed by atoms with van der Waals surface area (Å²) in [5.41, 5.74) is 0. The second-order valence-electron chi connectivity index (χ2n) is 2.94. The maximum atomic E-state index is 10.2. The van der Waals surface area contributed by atoms with E-state index in [9.17, 15) is 9.70 Å². The van der Waals surface area contributed by atoms with E-state index in [0.29, 0.717) is 25.9 Å². The van der Waals surface area contributed by atoms with Crippen LogP contribution >= 0.6 is 0 Å². The first kappa shape index (κ1) is 9.91. The molecule has 13 heavy (non-hydrogen) atoms. The first-order chi connectivity index (χ1) is 6.22. The molecule has 1 saturated heterocycles. The molecule has 1 rings (SSSR count). The molecule has 0 radical (unpaired) electrons. The maximum absolute atomic E-state index is 10.2. The molecule has 0 bridgehead atoms. The first-order valence-corrected chi connectivity index (χ1v) is 4.14. The van der Waals surface area contributed by atoms with Crippen molar-refractivity contribution in [2.45, 2.75) is 18.9 Å². The monoisotopic (exact) mass is 188 g/mol. The number of nitroso groups, excluding NO2 is 1. The van der Waals surface area contributed by atoms with E-state index < -0.39 is 5.97 Å². The Kier molecular flexibility index (Phi) is 3.63. The van der Waals surface area contributed by atoms with Crippen LogP contribution in [0.3, 0.4) is 0 Å². The van der Waals surface area contributed by atoms with Gasteiger partial charge >= 0.3 is 5.97 Å². The van der Waals surface area contributed by atoms with Gasteiger partial charge in [-0.1, -0.05) is 0 Å². The number of rotatable bonds is 4. The van der Waals surface area contributed by atoms with E-state index in [4.69, 9.17) is 9.84 Å². The van der Waals surface area contributed by atoms with Crippen molar-refractivity contribution in [1.29, 1.82) is 0 Å². The fourth-order valence-electron chi connectivity index (χ4n) is 1.28. The van der Waals surface area contributed by atoms with E-state index >= 15 is 0 Å². The van der Waals surface area contributed by atoms with E-state index in [1.807, 2.05) is 0 Å². The second-order valence-corrected chi connectivity index (χ2v) is 2.94. The lowest BCUT2D eigenvalue weighted by molar-refractivity contribution is -0.145. The number of ether oxygens (including phenoxy) is 1. The molecule has 0 aromatic carbocycles. The number of hydrogen-bond acceptors (Lipinski definition) is 4. The molecule has 0 aromatic heterocycles. The second kappa shape index (κ2) is 4.76. The molecule has 0 amide bonds. The number of nitrogens with zero attached hydrogens (tertiary/aromatic N) is 2. The summed E-state index contributed by atoms with van der Waals surface area (Å²) in [6.07, 6.45) is 1.28. The summed E-state index contributed by atoms with van der Waals surface area (Å²) in [6.45, 7) is 0.834. The number of carboxylic acid groups (broad SMARTS) is 1. The normalized spacial score (nSPS) is 18.6. The highest BCUT2D eigenvalue weighted by Crippen LogP contribution is 2.13. The van der Waals surface area contributed by atoms with Gasteiger partial charge in [-0.05, 0) is 12.8 Å². The van der Waals surface area contributed by atoms with Gasteiger partial charge in [0.2, 0.25) is 0 Å². The highest BCUT2D eigenvalue weighted by atomic mass is 16.5. The Labute approximate surface area is 75.4 Å². The fourth-order valence-corrected chi connectivity index (χ4v) is 1.28. The zero-order chi connectivity index (χ0) is 9.68.